The highest BCUT2D eigenvalue weighted by Gasteiger charge is 2.56. The summed E-state index contributed by atoms with van der Waals surface area (Å²) in [6.07, 6.45) is 3.63. The number of ether oxygens (including phenoxy) is 1. The largest absolute Gasteiger partial charge is 0.497 e. The van der Waals surface area contributed by atoms with Gasteiger partial charge in [-0.3, -0.25) is 0 Å². The van der Waals surface area contributed by atoms with Gasteiger partial charge in [-0.1, -0.05) is 36.4 Å². The van der Waals surface area contributed by atoms with Crippen molar-refractivity contribution in [1.82, 2.24) is 5.32 Å². The Morgan fingerprint density at radius 2 is 1.83 bits per heavy atom. The highest BCUT2D eigenvalue weighted by atomic mass is 16.5. The van der Waals surface area contributed by atoms with Crippen LogP contribution in [0.3, 0.4) is 0 Å². The minimum Gasteiger partial charge on any atom is -0.497 e. The average Bonchev–Trinajstić information content (AvgIpc) is 2.84. The van der Waals surface area contributed by atoms with E-state index < -0.39 is 5.60 Å². The topological polar surface area (TPSA) is 41.5 Å². The number of rotatable bonds is 3. The Morgan fingerprint density at radius 1 is 1.08 bits per heavy atom. The van der Waals surface area contributed by atoms with Gasteiger partial charge >= 0.3 is 0 Å². The minimum atomic E-state index is -0.833. The van der Waals surface area contributed by atoms with E-state index in [0.717, 1.165) is 43.7 Å². The van der Waals surface area contributed by atoms with Crippen LogP contribution >= 0.6 is 0 Å². The van der Waals surface area contributed by atoms with Gasteiger partial charge in [0.15, 0.2) is 0 Å². The molecule has 0 amide bonds. The average molecular weight is 323 g/mol. The van der Waals surface area contributed by atoms with E-state index in [-0.39, 0.29) is 5.41 Å². The Morgan fingerprint density at radius 3 is 2.54 bits per heavy atom. The molecule has 0 aromatic heterocycles. The molecule has 1 heterocycles. The first kappa shape index (κ1) is 15.7. The Labute approximate surface area is 143 Å². The zero-order valence-corrected chi connectivity index (χ0v) is 14.2. The third-order valence-corrected chi connectivity index (χ3v) is 6.03. The number of hydrogen-bond donors (Lipinski definition) is 2. The van der Waals surface area contributed by atoms with Crippen LogP contribution in [0.4, 0.5) is 0 Å². The van der Waals surface area contributed by atoms with E-state index in [4.69, 9.17) is 4.74 Å². The van der Waals surface area contributed by atoms with Crippen LogP contribution in [0.25, 0.3) is 0 Å². The van der Waals surface area contributed by atoms with Gasteiger partial charge in [-0.05, 0) is 61.2 Å². The van der Waals surface area contributed by atoms with Crippen LogP contribution in [0.2, 0.25) is 0 Å². The molecule has 24 heavy (non-hydrogen) atoms. The molecule has 3 heteroatoms. The second-order valence-corrected chi connectivity index (χ2v) is 7.25. The third-order valence-electron chi connectivity index (χ3n) is 6.03. The summed E-state index contributed by atoms with van der Waals surface area (Å²) < 4.78 is 5.44. The van der Waals surface area contributed by atoms with Crippen LogP contribution in [0.5, 0.6) is 5.75 Å². The van der Waals surface area contributed by atoms with Gasteiger partial charge in [0.05, 0.1) is 7.11 Å². The molecule has 4 rings (SSSR count). The Kier molecular flexibility index (Phi) is 3.86. The van der Waals surface area contributed by atoms with E-state index in [2.05, 4.69) is 41.7 Å². The highest BCUT2D eigenvalue weighted by Crippen LogP contribution is 2.57. The molecule has 2 aromatic carbocycles. The van der Waals surface area contributed by atoms with Crippen molar-refractivity contribution in [3.8, 4) is 5.75 Å². The van der Waals surface area contributed by atoms with Crippen molar-refractivity contribution in [2.24, 2.45) is 5.41 Å². The monoisotopic (exact) mass is 323 g/mol. The molecule has 1 fully saturated rings. The van der Waals surface area contributed by atoms with Crippen molar-refractivity contribution in [2.45, 2.75) is 31.3 Å². The molecule has 0 bridgehead atoms. The standard InChI is InChI=1S/C21H25NO2/c1-24-18-8-7-17-15-20(9-11-22-12-10-20)21(23,19(17)13-18)14-16-5-3-2-4-6-16/h2-8,13,22-23H,9-12,14-15H2,1H3/t21-/m0/s1. The first-order valence-corrected chi connectivity index (χ1v) is 8.81. The second-order valence-electron chi connectivity index (χ2n) is 7.25. The Hall–Kier alpha value is -1.84. The summed E-state index contributed by atoms with van der Waals surface area (Å²) in [5.74, 6) is 0.825. The van der Waals surface area contributed by atoms with Crippen LogP contribution in [0, 0.1) is 5.41 Å². The van der Waals surface area contributed by atoms with E-state index in [1.54, 1.807) is 7.11 Å². The molecular weight excluding hydrogens is 298 g/mol. The van der Waals surface area contributed by atoms with Crippen LogP contribution in [0.1, 0.15) is 29.5 Å². The van der Waals surface area contributed by atoms with E-state index in [1.807, 2.05) is 12.1 Å². The molecule has 1 saturated heterocycles. The smallest absolute Gasteiger partial charge is 0.119 e. The van der Waals surface area contributed by atoms with Crippen LogP contribution in [0.15, 0.2) is 48.5 Å². The van der Waals surface area contributed by atoms with Gasteiger partial charge in [0.2, 0.25) is 0 Å². The van der Waals surface area contributed by atoms with Gasteiger partial charge < -0.3 is 15.2 Å². The first-order chi connectivity index (χ1) is 11.7. The maximum atomic E-state index is 12.0. The fourth-order valence-electron chi connectivity index (χ4n) is 4.69. The van der Waals surface area contributed by atoms with Crippen LogP contribution in [-0.4, -0.2) is 25.3 Å². The Balaban J connectivity index is 1.82. The molecule has 2 N–H and O–H groups in total. The molecule has 2 aliphatic rings. The van der Waals surface area contributed by atoms with E-state index in [9.17, 15) is 5.11 Å². The summed E-state index contributed by atoms with van der Waals surface area (Å²) in [4.78, 5) is 0. The van der Waals surface area contributed by atoms with E-state index >= 15 is 0 Å². The molecular formula is C21H25NO2. The molecule has 0 radical (unpaired) electrons. The fraction of sp³-hybridized carbons (Fsp3) is 0.429. The maximum Gasteiger partial charge on any atom is 0.119 e. The lowest BCUT2D eigenvalue weighted by Crippen LogP contribution is -2.50. The lowest BCUT2D eigenvalue weighted by Gasteiger charge is -2.46. The normalized spacial score (nSPS) is 24.8. The Bertz CT molecular complexity index is 722. The lowest BCUT2D eigenvalue weighted by molar-refractivity contribution is -0.0938. The van der Waals surface area contributed by atoms with Crippen LogP contribution < -0.4 is 10.1 Å². The SMILES string of the molecule is COc1ccc2c(c1)[C@@](O)(Cc1ccccc1)C1(CCNCC1)C2. The van der Waals surface area contributed by atoms with Crippen molar-refractivity contribution >= 4 is 0 Å². The predicted octanol–water partition coefficient (Wildman–Crippen LogP) is 3.05. The fourth-order valence-corrected chi connectivity index (χ4v) is 4.69. The van der Waals surface area contributed by atoms with Crippen molar-refractivity contribution in [3.63, 3.8) is 0 Å². The molecule has 1 spiro atoms. The zero-order chi connectivity index (χ0) is 16.6. The number of nitrogens with one attached hydrogen (secondary N) is 1. The molecule has 1 atom stereocenters. The quantitative estimate of drug-likeness (QED) is 0.912. The van der Waals surface area contributed by atoms with Gasteiger partial charge in [-0.25, -0.2) is 0 Å². The summed E-state index contributed by atoms with van der Waals surface area (Å²) in [5.41, 5.74) is 2.61. The van der Waals surface area contributed by atoms with Gasteiger partial charge in [0.25, 0.3) is 0 Å². The number of aliphatic hydroxyl groups is 1. The molecule has 0 unspecified atom stereocenters. The second kappa shape index (κ2) is 5.91. The molecule has 126 valence electrons. The highest BCUT2D eigenvalue weighted by molar-refractivity contribution is 5.47. The summed E-state index contributed by atoms with van der Waals surface area (Å²) in [7, 11) is 1.69. The van der Waals surface area contributed by atoms with E-state index in [1.165, 1.54) is 11.1 Å². The zero-order valence-electron chi connectivity index (χ0n) is 14.2. The predicted molar refractivity (Wildman–Crippen MR) is 95.3 cm³/mol. The van der Waals surface area contributed by atoms with Crippen molar-refractivity contribution in [2.75, 3.05) is 20.2 Å². The molecule has 1 aliphatic heterocycles. The number of methoxy groups -OCH3 is 1. The lowest BCUT2D eigenvalue weighted by atomic mass is 9.64. The molecule has 0 saturated carbocycles. The van der Waals surface area contributed by atoms with E-state index in [0.29, 0.717) is 6.42 Å². The molecule has 3 nitrogen and oxygen atoms in total. The summed E-state index contributed by atoms with van der Waals surface area (Å²) in [5, 5.41) is 15.5. The van der Waals surface area contributed by atoms with Crippen molar-refractivity contribution < 1.29 is 9.84 Å². The number of piperidine rings is 1. The molecule has 1 aliphatic carbocycles. The third kappa shape index (κ3) is 2.35. The maximum absolute atomic E-state index is 12.0. The van der Waals surface area contributed by atoms with Gasteiger partial charge in [-0.2, -0.15) is 0 Å². The summed E-state index contributed by atoms with van der Waals surface area (Å²) in [6.45, 7) is 1.95. The van der Waals surface area contributed by atoms with Crippen molar-refractivity contribution in [1.29, 1.82) is 0 Å². The van der Waals surface area contributed by atoms with Gasteiger partial charge in [0, 0.05) is 11.8 Å². The number of benzene rings is 2. The number of fused-ring (bicyclic) bond motifs is 1. The van der Waals surface area contributed by atoms with Crippen LogP contribution in [-0.2, 0) is 18.4 Å². The number of hydrogen-bond acceptors (Lipinski definition) is 3. The summed E-state index contributed by atoms with van der Waals surface area (Å²) in [6, 6.07) is 16.6. The minimum absolute atomic E-state index is 0.0806. The molecule has 2 aromatic rings. The van der Waals surface area contributed by atoms with Gasteiger partial charge in [0.1, 0.15) is 11.4 Å². The first-order valence-electron chi connectivity index (χ1n) is 8.81. The van der Waals surface area contributed by atoms with Crippen molar-refractivity contribution in [3.05, 3.63) is 65.2 Å². The van der Waals surface area contributed by atoms with Gasteiger partial charge in [-0.15, -0.1) is 0 Å². The summed E-state index contributed by atoms with van der Waals surface area (Å²) >= 11 is 0.